The molecule has 2 unspecified atom stereocenters. The van der Waals surface area contributed by atoms with Crippen molar-refractivity contribution < 1.29 is 45.4 Å². The fraction of sp³-hybridized carbons (Fsp3) is 0.517. The van der Waals surface area contributed by atoms with Crippen molar-refractivity contribution in [1.82, 2.24) is 10.2 Å². The third kappa shape index (κ3) is 6.37. The van der Waals surface area contributed by atoms with Crippen molar-refractivity contribution in [2.75, 3.05) is 13.6 Å². The van der Waals surface area contributed by atoms with Crippen molar-refractivity contribution >= 4 is 11.9 Å². The number of carboxylic acid groups (broad SMARTS) is 1. The maximum absolute atomic E-state index is 13.9. The van der Waals surface area contributed by atoms with Crippen LogP contribution < -0.4 is 5.32 Å². The zero-order valence-electron chi connectivity index (χ0n) is 22.7. The minimum Gasteiger partial charge on any atom is -0.481 e. The summed E-state index contributed by atoms with van der Waals surface area (Å²) in [4.78, 5) is 26.7. The van der Waals surface area contributed by atoms with E-state index in [-0.39, 0.29) is 18.2 Å². The highest BCUT2D eigenvalue weighted by molar-refractivity contribution is 5.80. The van der Waals surface area contributed by atoms with Gasteiger partial charge in [-0.2, -0.15) is 26.3 Å². The molecular weight excluding hydrogens is 557 g/mol. The van der Waals surface area contributed by atoms with Gasteiger partial charge in [-0.1, -0.05) is 6.07 Å². The van der Waals surface area contributed by atoms with Crippen LogP contribution in [0.15, 0.2) is 36.4 Å². The lowest BCUT2D eigenvalue weighted by atomic mass is 9.65. The summed E-state index contributed by atoms with van der Waals surface area (Å²) in [5, 5.41) is 12.8. The number of benzene rings is 2. The molecule has 1 aliphatic heterocycles. The Hall–Kier alpha value is -3.15. The maximum atomic E-state index is 13.9. The van der Waals surface area contributed by atoms with E-state index in [2.05, 4.69) is 5.32 Å². The SMILES string of the molecule is Cc1cc(F)ccc1[C@H]1C[C@@]2(CCC1C(=O)N(C)[C@H](C)c1cc(C(F)(F)F)cc(C(F)(F)F)c1)CC(C(=O)O)CN2. The first kappa shape index (κ1) is 30.8. The van der Waals surface area contributed by atoms with E-state index in [1.807, 2.05) is 0 Å². The number of rotatable bonds is 5. The summed E-state index contributed by atoms with van der Waals surface area (Å²) in [6, 6.07) is 4.33. The molecule has 12 heteroatoms. The van der Waals surface area contributed by atoms with Gasteiger partial charge in [0.15, 0.2) is 0 Å². The molecule has 2 aromatic carbocycles. The lowest BCUT2D eigenvalue weighted by molar-refractivity contribution is -0.144. The van der Waals surface area contributed by atoms with E-state index in [1.165, 1.54) is 26.1 Å². The Morgan fingerprint density at radius 1 is 1.02 bits per heavy atom. The summed E-state index contributed by atoms with van der Waals surface area (Å²) in [5.74, 6) is -3.69. The molecule has 4 rings (SSSR count). The summed E-state index contributed by atoms with van der Waals surface area (Å²) in [5.41, 5.74) is -2.54. The number of hydrogen-bond acceptors (Lipinski definition) is 3. The molecule has 1 spiro atoms. The van der Waals surface area contributed by atoms with Crippen molar-refractivity contribution in [1.29, 1.82) is 0 Å². The Labute approximate surface area is 232 Å². The molecular formula is C29H31F7N2O3. The van der Waals surface area contributed by atoms with Crippen molar-refractivity contribution in [2.45, 2.75) is 69.4 Å². The smallest absolute Gasteiger partial charge is 0.416 e. The minimum absolute atomic E-state index is 0.0466. The molecule has 1 saturated heterocycles. The zero-order valence-corrected chi connectivity index (χ0v) is 22.7. The predicted molar refractivity (Wildman–Crippen MR) is 135 cm³/mol. The van der Waals surface area contributed by atoms with Gasteiger partial charge < -0.3 is 15.3 Å². The highest BCUT2D eigenvalue weighted by Crippen LogP contribution is 2.49. The van der Waals surface area contributed by atoms with Gasteiger partial charge in [0.2, 0.25) is 5.91 Å². The van der Waals surface area contributed by atoms with Crippen LogP contribution in [0.3, 0.4) is 0 Å². The second kappa shape index (κ2) is 10.9. The van der Waals surface area contributed by atoms with Crippen LogP contribution in [0.4, 0.5) is 30.7 Å². The van der Waals surface area contributed by atoms with Gasteiger partial charge >= 0.3 is 18.3 Å². The number of carbonyl (C=O) groups excluding carboxylic acids is 1. The first-order valence-corrected chi connectivity index (χ1v) is 13.2. The molecule has 2 N–H and O–H groups in total. The topological polar surface area (TPSA) is 69.6 Å². The van der Waals surface area contributed by atoms with E-state index in [9.17, 15) is 45.4 Å². The number of carboxylic acids is 1. The molecule has 0 aromatic heterocycles. The van der Waals surface area contributed by atoms with E-state index in [0.717, 1.165) is 4.90 Å². The second-order valence-electron chi connectivity index (χ2n) is 11.3. The summed E-state index contributed by atoms with van der Waals surface area (Å²) in [6.45, 7) is 3.32. The first-order chi connectivity index (χ1) is 18.9. The number of amides is 1. The fourth-order valence-electron chi connectivity index (χ4n) is 6.35. The predicted octanol–water partition coefficient (Wildman–Crippen LogP) is 6.71. The van der Waals surface area contributed by atoms with Crippen LogP contribution in [0.5, 0.6) is 0 Å². The Morgan fingerprint density at radius 2 is 1.63 bits per heavy atom. The normalized spacial score (nSPS) is 25.8. The number of aryl methyl sites for hydroxylation is 1. The van der Waals surface area contributed by atoms with E-state index in [0.29, 0.717) is 48.9 Å². The lowest BCUT2D eigenvalue weighted by Gasteiger charge is -2.44. The summed E-state index contributed by atoms with van der Waals surface area (Å²) >= 11 is 0. The molecule has 5 atom stereocenters. The van der Waals surface area contributed by atoms with Crippen molar-refractivity contribution in [3.8, 4) is 0 Å². The lowest BCUT2D eigenvalue weighted by Crippen LogP contribution is -2.49. The zero-order chi connectivity index (χ0) is 30.5. The van der Waals surface area contributed by atoms with E-state index < -0.39 is 70.5 Å². The molecule has 224 valence electrons. The quantitative estimate of drug-likeness (QED) is 0.381. The molecule has 1 heterocycles. The van der Waals surface area contributed by atoms with Crippen LogP contribution in [0.25, 0.3) is 0 Å². The molecule has 0 bridgehead atoms. The number of hydrogen-bond donors (Lipinski definition) is 2. The molecule has 0 radical (unpaired) electrons. The number of aliphatic carboxylic acids is 1. The molecule has 5 nitrogen and oxygen atoms in total. The number of carbonyl (C=O) groups is 2. The number of alkyl halides is 6. The van der Waals surface area contributed by atoms with Gasteiger partial charge in [0.25, 0.3) is 0 Å². The number of nitrogens with zero attached hydrogens (tertiary/aromatic N) is 1. The third-order valence-corrected chi connectivity index (χ3v) is 8.71. The van der Waals surface area contributed by atoms with Crippen LogP contribution in [-0.4, -0.2) is 41.0 Å². The Balaban J connectivity index is 1.68. The van der Waals surface area contributed by atoms with Gasteiger partial charge in [-0.15, -0.1) is 0 Å². The van der Waals surface area contributed by atoms with Gasteiger partial charge in [-0.3, -0.25) is 9.59 Å². The Kier molecular flexibility index (Phi) is 8.20. The Morgan fingerprint density at radius 3 is 2.15 bits per heavy atom. The monoisotopic (exact) mass is 588 g/mol. The third-order valence-electron chi connectivity index (χ3n) is 8.71. The van der Waals surface area contributed by atoms with Crippen LogP contribution in [-0.2, 0) is 21.9 Å². The van der Waals surface area contributed by atoms with Crippen LogP contribution in [0.1, 0.15) is 72.4 Å². The van der Waals surface area contributed by atoms with Gasteiger partial charge in [0.05, 0.1) is 23.1 Å². The van der Waals surface area contributed by atoms with E-state index in [1.54, 1.807) is 13.0 Å². The maximum Gasteiger partial charge on any atom is 0.416 e. The van der Waals surface area contributed by atoms with E-state index in [4.69, 9.17) is 0 Å². The van der Waals surface area contributed by atoms with Crippen molar-refractivity contribution in [3.63, 3.8) is 0 Å². The molecule has 1 saturated carbocycles. The molecule has 2 aliphatic rings. The van der Waals surface area contributed by atoms with Gasteiger partial charge in [-0.25, -0.2) is 4.39 Å². The summed E-state index contributed by atoms with van der Waals surface area (Å²) in [6.07, 6.45) is -8.59. The average Bonchev–Trinajstić information content (AvgIpc) is 3.29. The summed E-state index contributed by atoms with van der Waals surface area (Å²) in [7, 11) is 1.34. The molecule has 2 aromatic rings. The second-order valence-corrected chi connectivity index (χ2v) is 11.3. The average molecular weight is 589 g/mol. The van der Waals surface area contributed by atoms with Crippen molar-refractivity contribution in [3.05, 3.63) is 70.0 Å². The number of halogens is 7. The first-order valence-electron chi connectivity index (χ1n) is 13.2. The number of nitrogens with one attached hydrogen (secondary N) is 1. The summed E-state index contributed by atoms with van der Waals surface area (Å²) < 4.78 is 94.7. The van der Waals surface area contributed by atoms with Crippen LogP contribution >= 0.6 is 0 Å². The molecule has 41 heavy (non-hydrogen) atoms. The van der Waals surface area contributed by atoms with Crippen LogP contribution in [0.2, 0.25) is 0 Å². The fourth-order valence-corrected chi connectivity index (χ4v) is 6.35. The molecule has 2 fully saturated rings. The van der Waals surface area contributed by atoms with Gasteiger partial charge in [0, 0.05) is 25.0 Å². The molecule has 1 amide bonds. The van der Waals surface area contributed by atoms with Crippen LogP contribution in [0, 0.1) is 24.6 Å². The largest absolute Gasteiger partial charge is 0.481 e. The van der Waals surface area contributed by atoms with Gasteiger partial charge in [0.1, 0.15) is 5.82 Å². The van der Waals surface area contributed by atoms with Gasteiger partial charge in [-0.05, 0) is 92.5 Å². The van der Waals surface area contributed by atoms with Crippen molar-refractivity contribution in [2.24, 2.45) is 11.8 Å². The highest BCUT2D eigenvalue weighted by atomic mass is 19.4. The standard InChI is InChI=1S/C29H31F7N2O3/c1-15-8-21(30)4-5-22(15)24-13-27(12-18(14-37-27)26(40)41)7-6-23(24)25(39)38(3)16(2)17-9-19(28(31,32)33)11-20(10-17)29(34,35)36/h4-5,8-11,16,18,23-24,37H,6-7,12-14H2,1-3H3,(H,40,41)/t16-,18?,23?,24-,27-/m1/s1. The van der Waals surface area contributed by atoms with E-state index >= 15 is 0 Å². The Bertz CT molecular complexity index is 1290. The molecule has 1 aliphatic carbocycles. The minimum atomic E-state index is -5.02. The highest BCUT2D eigenvalue weighted by Gasteiger charge is 2.50.